The minimum absolute atomic E-state index is 0.219. The number of amides is 2. The molecule has 1 saturated heterocycles. The number of halogens is 1. The summed E-state index contributed by atoms with van der Waals surface area (Å²) in [5.74, 6) is -0.372. The van der Waals surface area contributed by atoms with E-state index in [9.17, 15) is 14.3 Å². The molecule has 0 aliphatic carbocycles. The number of benzene rings is 1. The van der Waals surface area contributed by atoms with E-state index in [1.165, 1.54) is 12.1 Å². The second-order valence-corrected chi connectivity index (χ2v) is 6.02. The topological polar surface area (TPSA) is 55.8 Å². The Kier molecular flexibility index (Phi) is 4.80. The molecule has 1 fully saturated rings. The van der Waals surface area contributed by atoms with Crippen molar-refractivity contribution in [2.75, 3.05) is 38.0 Å². The minimum atomic E-state index is -0.730. The molecule has 0 radical (unpaired) electrons. The Labute approximate surface area is 124 Å². The summed E-state index contributed by atoms with van der Waals surface area (Å²) in [7, 11) is 0. The van der Waals surface area contributed by atoms with Crippen molar-refractivity contribution in [3.8, 4) is 0 Å². The number of urea groups is 1. The van der Waals surface area contributed by atoms with Crippen molar-refractivity contribution in [3.05, 3.63) is 30.1 Å². The van der Waals surface area contributed by atoms with Gasteiger partial charge in [0.15, 0.2) is 0 Å². The predicted octanol–water partition coefficient (Wildman–Crippen LogP) is 1.75. The summed E-state index contributed by atoms with van der Waals surface area (Å²) in [5.41, 5.74) is -0.273. The van der Waals surface area contributed by atoms with E-state index in [1.807, 2.05) is 0 Å². The third-order valence-electron chi connectivity index (χ3n) is 3.35. The number of nitrogens with zero attached hydrogens (tertiary/aromatic N) is 2. The average Bonchev–Trinajstić information content (AvgIpc) is 2.37. The molecule has 2 N–H and O–H groups in total. The lowest BCUT2D eigenvalue weighted by atomic mass is 10.1. The van der Waals surface area contributed by atoms with Crippen LogP contribution in [0.15, 0.2) is 24.3 Å². The Morgan fingerprint density at radius 3 is 2.57 bits per heavy atom. The average molecular weight is 295 g/mol. The van der Waals surface area contributed by atoms with Gasteiger partial charge in [0, 0.05) is 38.4 Å². The van der Waals surface area contributed by atoms with E-state index in [4.69, 9.17) is 0 Å². The molecule has 0 unspecified atom stereocenters. The number of rotatable bonds is 3. The highest BCUT2D eigenvalue weighted by atomic mass is 19.1. The summed E-state index contributed by atoms with van der Waals surface area (Å²) in [6, 6.07) is 5.63. The molecule has 21 heavy (non-hydrogen) atoms. The van der Waals surface area contributed by atoms with Gasteiger partial charge in [-0.1, -0.05) is 6.07 Å². The molecular formula is C15H22FN3O2. The van der Waals surface area contributed by atoms with Gasteiger partial charge in [0.25, 0.3) is 0 Å². The number of anilines is 1. The number of aliphatic hydroxyl groups is 1. The SMILES string of the molecule is CC(C)(O)CN1CCN(C(=O)Nc2cccc(F)c2)CC1. The summed E-state index contributed by atoms with van der Waals surface area (Å²) < 4.78 is 13.1. The third-order valence-corrected chi connectivity index (χ3v) is 3.35. The summed E-state index contributed by atoms with van der Waals surface area (Å²) in [5, 5.41) is 12.5. The maximum Gasteiger partial charge on any atom is 0.321 e. The Bertz CT molecular complexity index is 494. The highest BCUT2D eigenvalue weighted by Crippen LogP contribution is 2.12. The molecule has 0 spiro atoms. The van der Waals surface area contributed by atoms with E-state index in [1.54, 1.807) is 30.9 Å². The van der Waals surface area contributed by atoms with Crippen molar-refractivity contribution in [2.24, 2.45) is 0 Å². The van der Waals surface area contributed by atoms with Crippen molar-refractivity contribution in [2.45, 2.75) is 19.4 Å². The lowest BCUT2D eigenvalue weighted by Gasteiger charge is -2.37. The second-order valence-electron chi connectivity index (χ2n) is 6.02. The number of hydrogen-bond donors (Lipinski definition) is 2. The quantitative estimate of drug-likeness (QED) is 0.893. The molecule has 5 nitrogen and oxygen atoms in total. The van der Waals surface area contributed by atoms with Crippen LogP contribution in [0.2, 0.25) is 0 Å². The minimum Gasteiger partial charge on any atom is -0.389 e. The molecule has 1 aliphatic rings. The van der Waals surface area contributed by atoms with Gasteiger partial charge in [-0.05, 0) is 32.0 Å². The highest BCUT2D eigenvalue weighted by Gasteiger charge is 2.24. The van der Waals surface area contributed by atoms with Crippen LogP contribution in [-0.2, 0) is 0 Å². The van der Waals surface area contributed by atoms with Crippen molar-refractivity contribution in [1.82, 2.24) is 9.80 Å². The largest absolute Gasteiger partial charge is 0.389 e. The molecule has 6 heteroatoms. The van der Waals surface area contributed by atoms with Crippen molar-refractivity contribution < 1.29 is 14.3 Å². The summed E-state index contributed by atoms with van der Waals surface area (Å²) in [6.45, 7) is 6.77. The molecule has 1 heterocycles. The van der Waals surface area contributed by atoms with Crippen LogP contribution in [0.4, 0.5) is 14.9 Å². The number of nitrogens with one attached hydrogen (secondary N) is 1. The molecule has 0 aromatic heterocycles. The van der Waals surface area contributed by atoms with Crippen LogP contribution in [0.5, 0.6) is 0 Å². The van der Waals surface area contributed by atoms with Gasteiger partial charge in [0.2, 0.25) is 0 Å². The fraction of sp³-hybridized carbons (Fsp3) is 0.533. The zero-order valence-corrected chi connectivity index (χ0v) is 12.5. The predicted molar refractivity (Wildman–Crippen MR) is 79.7 cm³/mol. The monoisotopic (exact) mass is 295 g/mol. The first-order chi connectivity index (χ1) is 9.83. The van der Waals surface area contributed by atoms with Gasteiger partial charge in [0.1, 0.15) is 5.82 Å². The number of β-amino-alcohol motifs (C(OH)–C–C–N with tert-alkyl or cyclic N) is 1. The van der Waals surface area contributed by atoms with Crippen molar-refractivity contribution >= 4 is 11.7 Å². The molecule has 2 amide bonds. The summed E-state index contributed by atoms with van der Waals surface area (Å²) >= 11 is 0. The standard InChI is InChI=1S/C15H22FN3O2/c1-15(2,21)11-18-6-8-19(9-7-18)14(20)17-13-5-3-4-12(16)10-13/h3-5,10,21H,6-9,11H2,1-2H3,(H,17,20). The van der Waals surface area contributed by atoms with E-state index < -0.39 is 5.60 Å². The van der Waals surface area contributed by atoms with E-state index >= 15 is 0 Å². The van der Waals surface area contributed by atoms with Gasteiger partial charge in [-0.3, -0.25) is 4.90 Å². The van der Waals surface area contributed by atoms with Gasteiger partial charge in [-0.25, -0.2) is 9.18 Å². The smallest absolute Gasteiger partial charge is 0.321 e. The Hall–Kier alpha value is -1.66. The van der Waals surface area contributed by atoms with Crippen LogP contribution in [0.3, 0.4) is 0 Å². The van der Waals surface area contributed by atoms with Crippen LogP contribution >= 0.6 is 0 Å². The van der Waals surface area contributed by atoms with E-state index in [2.05, 4.69) is 10.2 Å². The number of piperazine rings is 1. The number of carbonyl (C=O) groups is 1. The molecule has 1 aliphatic heterocycles. The van der Waals surface area contributed by atoms with Gasteiger partial charge >= 0.3 is 6.03 Å². The van der Waals surface area contributed by atoms with Crippen LogP contribution in [0.1, 0.15) is 13.8 Å². The fourth-order valence-corrected chi connectivity index (χ4v) is 2.43. The normalized spacial score (nSPS) is 16.9. The highest BCUT2D eigenvalue weighted by molar-refractivity contribution is 5.89. The van der Waals surface area contributed by atoms with Crippen LogP contribution < -0.4 is 5.32 Å². The Morgan fingerprint density at radius 2 is 2.00 bits per heavy atom. The first-order valence-corrected chi connectivity index (χ1v) is 7.10. The molecule has 0 saturated carbocycles. The maximum atomic E-state index is 13.1. The van der Waals surface area contributed by atoms with Crippen LogP contribution in [0.25, 0.3) is 0 Å². The lowest BCUT2D eigenvalue weighted by molar-refractivity contribution is 0.0231. The lowest BCUT2D eigenvalue weighted by Crippen LogP contribution is -2.52. The Morgan fingerprint density at radius 1 is 1.33 bits per heavy atom. The van der Waals surface area contributed by atoms with Gasteiger partial charge in [0.05, 0.1) is 5.60 Å². The zero-order valence-electron chi connectivity index (χ0n) is 12.5. The molecule has 0 bridgehead atoms. The van der Waals surface area contributed by atoms with Gasteiger partial charge in [-0.15, -0.1) is 0 Å². The first-order valence-electron chi connectivity index (χ1n) is 7.10. The van der Waals surface area contributed by atoms with Crippen molar-refractivity contribution in [3.63, 3.8) is 0 Å². The third kappa shape index (κ3) is 4.99. The first kappa shape index (κ1) is 15.7. The van der Waals surface area contributed by atoms with Crippen molar-refractivity contribution in [1.29, 1.82) is 0 Å². The van der Waals surface area contributed by atoms with E-state index in [0.29, 0.717) is 25.3 Å². The zero-order chi connectivity index (χ0) is 15.5. The molecule has 2 rings (SSSR count). The second kappa shape index (κ2) is 6.41. The summed E-state index contributed by atoms with van der Waals surface area (Å²) in [6.07, 6.45) is 0. The van der Waals surface area contributed by atoms with Crippen LogP contribution in [0, 0.1) is 5.82 Å². The number of carbonyl (C=O) groups excluding carboxylic acids is 1. The number of hydrogen-bond acceptors (Lipinski definition) is 3. The van der Waals surface area contributed by atoms with E-state index in [0.717, 1.165) is 13.1 Å². The van der Waals surface area contributed by atoms with Crippen LogP contribution in [-0.4, -0.2) is 59.3 Å². The fourth-order valence-electron chi connectivity index (χ4n) is 2.43. The molecule has 116 valence electrons. The summed E-state index contributed by atoms with van der Waals surface area (Å²) in [4.78, 5) is 15.9. The molecule has 1 aromatic rings. The molecule has 0 atom stereocenters. The Balaban J connectivity index is 1.83. The molecule has 1 aromatic carbocycles. The van der Waals surface area contributed by atoms with E-state index in [-0.39, 0.29) is 11.8 Å². The maximum absolute atomic E-state index is 13.1. The molecular weight excluding hydrogens is 273 g/mol. The van der Waals surface area contributed by atoms with Gasteiger partial charge in [-0.2, -0.15) is 0 Å². The van der Waals surface area contributed by atoms with Gasteiger partial charge < -0.3 is 15.3 Å².